The lowest BCUT2D eigenvalue weighted by molar-refractivity contribution is -0.190. The second kappa shape index (κ2) is 12.0. The first-order valence-corrected chi connectivity index (χ1v) is 17.1. The molecule has 3 aromatic rings. The van der Waals surface area contributed by atoms with Crippen molar-refractivity contribution in [3.8, 4) is 11.7 Å². The number of nitrogens with zero attached hydrogens (tertiary/aromatic N) is 5. The quantitative estimate of drug-likeness (QED) is 0.338. The lowest BCUT2D eigenvalue weighted by Crippen LogP contribution is -2.43. The standard InChI is InChI=1S/C31H38F3N7O4S/c1-3-12-29(2)19-21-6-5-16-35-23-7-4-8-26(36-23)46(43,44)39-28(42)22-9-10-24(37-27(22)40(29)20-21)41-17-11-25(38-41)45-18-15-30(13-14-30)31(32,33)34/h4,7-11,17,21H,3,5-6,12-16,18-20H2,1-2H3,(H,35,36)(H,39,42). The predicted octanol–water partition coefficient (Wildman–Crippen LogP) is 5.48. The third-order valence-corrected chi connectivity index (χ3v) is 10.6. The van der Waals surface area contributed by atoms with Gasteiger partial charge in [-0.1, -0.05) is 19.4 Å². The smallest absolute Gasteiger partial charge is 0.394 e. The van der Waals surface area contributed by atoms with Crippen LogP contribution in [0.4, 0.5) is 24.8 Å². The molecule has 11 nitrogen and oxygen atoms in total. The van der Waals surface area contributed by atoms with Crippen molar-refractivity contribution >= 4 is 27.6 Å². The molecular formula is C31H38F3N7O4S. The zero-order valence-corrected chi connectivity index (χ0v) is 26.6. The molecule has 1 saturated heterocycles. The second-order valence-electron chi connectivity index (χ2n) is 12.8. The first-order valence-electron chi connectivity index (χ1n) is 15.6. The molecule has 0 aromatic carbocycles. The van der Waals surface area contributed by atoms with Crippen LogP contribution >= 0.6 is 0 Å². The Balaban J connectivity index is 1.33. The van der Waals surface area contributed by atoms with Crippen LogP contribution in [0, 0.1) is 11.3 Å². The molecule has 3 aromatic heterocycles. The summed E-state index contributed by atoms with van der Waals surface area (Å²) < 4.78 is 75.7. The summed E-state index contributed by atoms with van der Waals surface area (Å²) in [6.07, 6.45) is 1.77. The topological polar surface area (TPSA) is 131 Å². The van der Waals surface area contributed by atoms with E-state index in [0.29, 0.717) is 36.5 Å². The van der Waals surface area contributed by atoms with Gasteiger partial charge in [0.1, 0.15) is 11.6 Å². The second-order valence-corrected chi connectivity index (χ2v) is 14.4. The summed E-state index contributed by atoms with van der Waals surface area (Å²) in [7, 11) is -4.31. The highest BCUT2D eigenvalue weighted by Gasteiger charge is 2.62. The zero-order chi connectivity index (χ0) is 32.7. The number of pyridine rings is 2. The molecule has 3 aliphatic rings. The van der Waals surface area contributed by atoms with E-state index in [2.05, 4.69) is 38.9 Å². The Morgan fingerprint density at radius 3 is 2.65 bits per heavy atom. The summed E-state index contributed by atoms with van der Waals surface area (Å²) in [6.45, 7) is 5.36. The van der Waals surface area contributed by atoms with Gasteiger partial charge >= 0.3 is 6.18 Å². The Morgan fingerprint density at radius 1 is 1.11 bits per heavy atom. The number of rotatable bonds is 7. The average molecular weight is 662 g/mol. The van der Waals surface area contributed by atoms with Gasteiger partial charge in [-0.2, -0.15) is 21.6 Å². The molecule has 2 unspecified atom stereocenters. The monoisotopic (exact) mass is 661 g/mol. The van der Waals surface area contributed by atoms with E-state index in [1.807, 2.05) is 0 Å². The summed E-state index contributed by atoms with van der Waals surface area (Å²) in [5.41, 5.74) is -1.92. The average Bonchev–Trinajstić information content (AvgIpc) is 3.54. The third-order valence-electron chi connectivity index (χ3n) is 9.38. The molecule has 0 spiro atoms. The molecule has 1 amide bonds. The highest BCUT2D eigenvalue weighted by atomic mass is 32.2. The van der Waals surface area contributed by atoms with Gasteiger partial charge in [-0.3, -0.25) is 4.79 Å². The molecule has 1 aliphatic carbocycles. The minimum Gasteiger partial charge on any atom is -0.477 e. The molecule has 15 heteroatoms. The van der Waals surface area contributed by atoms with E-state index < -0.39 is 27.5 Å². The number of carbonyl (C=O) groups is 1. The minimum atomic E-state index is -4.31. The van der Waals surface area contributed by atoms with E-state index in [4.69, 9.17) is 9.72 Å². The van der Waals surface area contributed by atoms with Crippen LogP contribution in [0.2, 0.25) is 0 Å². The van der Waals surface area contributed by atoms with Gasteiger partial charge in [0, 0.05) is 30.9 Å². The van der Waals surface area contributed by atoms with Crippen LogP contribution in [0.3, 0.4) is 0 Å². The number of ether oxygens (including phenoxy) is 1. The summed E-state index contributed by atoms with van der Waals surface area (Å²) >= 11 is 0. The number of hydrogen-bond donors (Lipinski definition) is 2. The van der Waals surface area contributed by atoms with E-state index in [1.165, 1.54) is 16.8 Å². The van der Waals surface area contributed by atoms with Crippen LogP contribution in [0.1, 0.15) is 75.6 Å². The molecule has 6 rings (SSSR count). The van der Waals surface area contributed by atoms with Gasteiger partial charge in [-0.15, -0.1) is 5.10 Å². The molecule has 5 heterocycles. The minimum absolute atomic E-state index is 0.0879. The Labute approximate surface area is 266 Å². The summed E-state index contributed by atoms with van der Waals surface area (Å²) in [5.74, 6) is 0.712. The first kappa shape index (κ1) is 32.1. The molecule has 2 fully saturated rings. The number of amides is 1. The van der Waals surface area contributed by atoms with Crippen LogP contribution < -0.4 is 19.7 Å². The molecular weight excluding hydrogens is 623 g/mol. The molecule has 248 valence electrons. The van der Waals surface area contributed by atoms with Gasteiger partial charge < -0.3 is 15.0 Å². The van der Waals surface area contributed by atoms with E-state index in [1.54, 1.807) is 30.5 Å². The summed E-state index contributed by atoms with van der Waals surface area (Å²) in [5, 5.41) is 7.29. The molecule has 46 heavy (non-hydrogen) atoms. The van der Waals surface area contributed by atoms with Gasteiger partial charge in [-0.25, -0.2) is 19.4 Å². The third kappa shape index (κ3) is 6.38. The van der Waals surface area contributed by atoms with Crippen molar-refractivity contribution < 1.29 is 31.1 Å². The van der Waals surface area contributed by atoms with E-state index in [0.717, 1.165) is 32.1 Å². The van der Waals surface area contributed by atoms with Gasteiger partial charge in [0.25, 0.3) is 15.9 Å². The van der Waals surface area contributed by atoms with E-state index in [-0.39, 0.29) is 47.9 Å². The fraction of sp³-hybridized carbons (Fsp3) is 0.548. The van der Waals surface area contributed by atoms with Gasteiger partial charge in [0.2, 0.25) is 5.88 Å². The molecule has 2 N–H and O–H groups in total. The highest BCUT2D eigenvalue weighted by molar-refractivity contribution is 7.90. The van der Waals surface area contributed by atoms with Crippen molar-refractivity contribution in [2.24, 2.45) is 11.3 Å². The van der Waals surface area contributed by atoms with Crippen LogP contribution in [-0.2, 0) is 10.0 Å². The fourth-order valence-electron chi connectivity index (χ4n) is 6.72. The molecule has 4 bridgehead atoms. The van der Waals surface area contributed by atoms with Crippen molar-refractivity contribution in [2.75, 3.05) is 29.9 Å². The maximum absolute atomic E-state index is 13.7. The van der Waals surface area contributed by atoms with Gasteiger partial charge in [-0.05, 0) is 82.1 Å². The number of aromatic nitrogens is 4. The molecule has 0 radical (unpaired) electrons. The van der Waals surface area contributed by atoms with E-state index >= 15 is 0 Å². The van der Waals surface area contributed by atoms with Crippen molar-refractivity contribution in [1.29, 1.82) is 0 Å². The Bertz CT molecular complexity index is 1710. The summed E-state index contributed by atoms with van der Waals surface area (Å²) in [4.78, 5) is 24.9. The SMILES string of the molecule is CCCC1(C)CC2CCCNc3cccc(n3)S(=O)(=O)NC(=O)c3ccc(-n4ccc(OCCC5(C(F)(F)F)CC5)n4)nc3N1C2. The van der Waals surface area contributed by atoms with Gasteiger partial charge in [0.05, 0.1) is 17.6 Å². The van der Waals surface area contributed by atoms with Gasteiger partial charge in [0.15, 0.2) is 10.8 Å². The van der Waals surface area contributed by atoms with E-state index in [9.17, 15) is 26.4 Å². The van der Waals surface area contributed by atoms with Crippen LogP contribution in [0.25, 0.3) is 5.82 Å². The first-order chi connectivity index (χ1) is 21.8. The Hall–Kier alpha value is -3.88. The number of hydrogen-bond acceptors (Lipinski definition) is 9. The Kier molecular flexibility index (Phi) is 8.40. The predicted molar refractivity (Wildman–Crippen MR) is 165 cm³/mol. The lowest BCUT2D eigenvalue weighted by atomic mass is 9.88. The number of carbonyl (C=O) groups excluding carboxylic acids is 1. The van der Waals surface area contributed by atoms with Crippen LogP contribution in [-0.4, -0.2) is 65.5 Å². The van der Waals surface area contributed by atoms with Crippen molar-refractivity contribution in [1.82, 2.24) is 24.5 Å². The normalized spacial score (nSPS) is 23.8. The van der Waals surface area contributed by atoms with Crippen molar-refractivity contribution in [2.45, 2.75) is 82.0 Å². The summed E-state index contributed by atoms with van der Waals surface area (Å²) in [6, 6.07) is 9.20. The number of nitrogens with one attached hydrogen (secondary N) is 2. The number of sulfonamides is 1. The van der Waals surface area contributed by atoms with Crippen molar-refractivity contribution in [3.63, 3.8) is 0 Å². The fourth-order valence-corrected chi connectivity index (χ4v) is 7.66. The van der Waals surface area contributed by atoms with Crippen molar-refractivity contribution in [3.05, 3.63) is 48.2 Å². The number of alkyl halides is 3. The number of anilines is 2. The van der Waals surface area contributed by atoms with Crippen LogP contribution in [0.15, 0.2) is 47.6 Å². The molecule has 1 saturated carbocycles. The number of halogens is 3. The zero-order valence-electron chi connectivity index (χ0n) is 25.8. The molecule has 2 atom stereocenters. The Morgan fingerprint density at radius 2 is 1.91 bits per heavy atom. The van der Waals surface area contributed by atoms with Crippen LogP contribution in [0.5, 0.6) is 5.88 Å². The molecule has 2 aliphatic heterocycles. The number of fused-ring (bicyclic) bond motifs is 6. The maximum Gasteiger partial charge on any atom is 0.394 e. The lowest BCUT2D eigenvalue weighted by Gasteiger charge is -2.37. The highest BCUT2D eigenvalue weighted by Crippen LogP contribution is 2.59. The largest absolute Gasteiger partial charge is 0.477 e. The maximum atomic E-state index is 13.7.